The highest BCUT2D eigenvalue weighted by Gasteiger charge is 2.21. The third-order valence-corrected chi connectivity index (χ3v) is 5.20. The molecule has 174 valence electrons. The first-order chi connectivity index (χ1) is 15.6. The van der Waals surface area contributed by atoms with E-state index >= 15 is 0 Å². The molecule has 0 bridgehead atoms. The van der Waals surface area contributed by atoms with Gasteiger partial charge in [-0.3, -0.25) is 0 Å². The van der Waals surface area contributed by atoms with Crippen molar-refractivity contribution in [2.75, 3.05) is 23.8 Å². The van der Waals surface area contributed by atoms with Crippen molar-refractivity contribution in [2.45, 2.75) is 25.7 Å². The molecule has 33 heavy (non-hydrogen) atoms. The highest BCUT2D eigenvalue weighted by atomic mass is 28.3. The van der Waals surface area contributed by atoms with Gasteiger partial charge in [-0.05, 0) is 30.3 Å². The number of hydrogen-bond acceptors (Lipinski definition) is 7. The number of nitrogens with zero attached hydrogens (tertiary/aromatic N) is 2. The van der Waals surface area contributed by atoms with Crippen LogP contribution in [-0.4, -0.2) is 47.7 Å². The van der Waals surface area contributed by atoms with E-state index in [1.165, 1.54) is 18.2 Å². The number of benzene rings is 2. The van der Waals surface area contributed by atoms with Crippen LogP contribution in [0.25, 0.3) is 11.5 Å². The Hall–Kier alpha value is -3.33. The first-order valence-corrected chi connectivity index (χ1v) is 13.5. The minimum atomic E-state index is -1.65. The number of nitrogens with one attached hydrogen (secondary N) is 2. The zero-order valence-electron chi connectivity index (χ0n) is 18.2. The van der Waals surface area contributed by atoms with Crippen LogP contribution >= 0.6 is 0 Å². The third-order valence-electron chi connectivity index (χ3n) is 4.33. The van der Waals surface area contributed by atoms with Gasteiger partial charge in [-0.1, -0.05) is 30.7 Å². The molecule has 0 aliphatic heterocycles. The molecule has 0 aliphatic carbocycles. The summed E-state index contributed by atoms with van der Waals surface area (Å²) in [6, 6.07) is 5.36. The Kier molecular flexibility index (Phi) is 7.42. The van der Waals surface area contributed by atoms with Gasteiger partial charge in [0, 0.05) is 5.56 Å². The monoisotopic (exact) mass is 476 g/mol. The van der Waals surface area contributed by atoms with Crippen molar-refractivity contribution in [1.82, 2.24) is 10.2 Å². The van der Waals surface area contributed by atoms with Crippen molar-refractivity contribution in [3.63, 3.8) is 0 Å². The summed E-state index contributed by atoms with van der Waals surface area (Å²) in [5.74, 6) is -0.366. The van der Waals surface area contributed by atoms with Crippen LogP contribution in [0.3, 0.4) is 0 Å². The predicted molar refractivity (Wildman–Crippen MR) is 121 cm³/mol. The molecule has 0 fully saturated rings. The minimum absolute atomic E-state index is 0.0130. The number of halogens is 3. The fourth-order valence-corrected chi connectivity index (χ4v) is 3.17. The number of anilines is 3. The van der Waals surface area contributed by atoms with E-state index in [1.54, 1.807) is 6.07 Å². The molecule has 0 aliphatic rings. The van der Waals surface area contributed by atoms with Gasteiger partial charge < -0.3 is 25.3 Å². The van der Waals surface area contributed by atoms with Crippen LogP contribution in [0.2, 0.25) is 19.6 Å². The van der Waals surface area contributed by atoms with Gasteiger partial charge in [0.1, 0.15) is 13.9 Å². The molecule has 0 saturated heterocycles. The summed E-state index contributed by atoms with van der Waals surface area (Å²) in [6.45, 7) is 5.39. The van der Waals surface area contributed by atoms with Crippen LogP contribution in [0, 0.1) is 28.9 Å². The van der Waals surface area contributed by atoms with Gasteiger partial charge in [-0.15, -0.1) is 10.6 Å². The number of rotatable bonds is 7. The molecular formula is C22H23F3N4O3Si. The van der Waals surface area contributed by atoms with Gasteiger partial charge in [0.2, 0.25) is 0 Å². The van der Waals surface area contributed by atoms with Gasteiger partial charge in [0.05, 0.1) is 36.2 Å². The molecule has 4 N–H and O–H groups in total. The molecule has 11 heteroatoms. The van der Waals surface area contributed by atoms with E-state index in [4.69, 9.17) is 14.6 Å². The Labute approximate surface area is 189 Å². The quantitative estimate of drug-likeness (QED) is 0.303. The fraction of sp³-hybridized carbons (Fsp3) is 0.273. The van der Waals surface area contributed by atoms with E-state index in [2.05, 4.69) is 51.9 Å². The highest BCUT2D eigenvalue weighted by Crippen LogP contribution is 2.34. The Morgan fingerprint density at radius 2 is 1.76 bits per heavy atom. The summed E-state index contributed by atoms with van der Waals surface area (Å²) in [5, 5.41) is 31.0. The molecule has 0 amide bonds. The van der Waals surface area contributed by atoms with Crippen LogP contribution in [-0.2, 0) is 0 Å². The number of aliphatic hydroxyl groups is 2. The molecule has 0 unspecified atom stereocenters. The maximum atomic E-state index is 14.7. The molecule has 3 rings (SSSR count). The average Bonchev–Trinajstić information content (AvgIpc) is 3.23. The average molecular weight is 477 g/mol. The molecule has 3 aromatic rings. The molecule has 0 spiro atoms. The maximum Gasteiger partial charge on any atom is 0.316 e. The molecule has 1 heterocycles. The minimum Gasteiger partial charge on any atom is -0.403 e. The zero-order valence-corrected chi connectivity index (χ0v) is 19.2. The van der Waals surface area contributed by atoms with E-state index in [-0.39, 0.29) is 23.2 Å². The Morgan fingerprint density at radius 3 is 2.39 bits per heavy atom. The Morgan fingerprint density at radius 1 is 1.03 bits per heavy atom. The maximum absolute atomic E-state index is 14.7. The van der Waals surface area contributed by atoms with E-state index in [9.17, 15) is 13.2 Å². The van der Waals surface area contributed by atoms with Gasteiger partial charge in [-0.25, -0.2) is 13.2 Å². The smallest absolute Gasteiger partial charge is 0.316 e. The van der Waals surface area contributed by atoms with E-state index in [0.29, 0.717) is 5.56 Å². The molecule has 7 nitrogen and oxygen atoms in total. The molecule has 2 aromatic carbocycles. The largest absolute Gasteiger partial charge is 0.403 e. The van der Waals surface area contributed by atoms with Crippen molar-refractivity contribution >= 4 is 25.5 Å². The van der Waals surface area contributed by atoms with Crippen molar-refractivity contribution in [3.8, 4) is 22.9 Å². The zero-order chi connectivity index (χ0) is 24.2. The van der Waals surface area contributed by atoms with Crippen molar-refractivity contribution < 1.29 is 27.8 Å². The summed E-state index contributed by atoms with van der Waals surface area (Å²) in [4.78, 5) is 0. The molecule has 0 radical (unpaired) electrons. The second kappa shape index (κ2) is 10.1. The number of aromatic nitrogens is 2. The van der Waals surface area contributed by atoms with Gasteiger partial charge in [0.25, 0.3) is 5.89 Å². The molecule has 1 aromatic heterocycles. The lowest BCUT2D eigenvalue weighted by Crippen LogP contribution is -2.27. The first kappa shape index (κ1) is 24.3. The lowest BCUT2D eigenvalue weighted by Gasteiger charge is -2.13. The van der Waals surface area contributed by atoms with Crippen LogP contribution in [0.15, 0.2) is 34.7 Å². The molecule has 0 atom stereocenters. The van der Waals surface area contributed by atoms with Crippen LogP contribution in [0.5, 0.6) is 0 Å². The molecular weight excluding hydrogens is 453 g/mol. The van der Waals surface area contributed by atoms with E-state index < -0.39 is 50.5 Å². The van der Waals surface area contributed by atoms with Crippen molar-refractivity contribution in [1.29, 1.82) is 0 Å². The van der Waals surface area contributed by atoms with Gasteiger partial charge in [-0.2, -0.15) is 0 Å². The van der Waals surface area contributed by atoms with E-state index in [1.807, 2.05) is 0 Å². The number of aliphatic hydroxyl groups excluding tert-OH is 2. The fourth-order valence-electron chi connectivity index (χ4n) is 2.65. The first-order valence-electron chi connectivity index (χ1n) is 10.0. The second-order valence-electron chi connectivity index (χ2n) is 8.22. The lowest BCUT2D eigenvalue weighted by atomic mass is 10.1. The Balaban J connectivity index is 1.94. The topological polar surface area (TPSA) is 103 Å². The highest BCUT2D eigenvalue weighted by molar-refractivity contribution is 6.83. The normalized spacial score (nSPS) is 11.3. The standard InChI is InChI=1S/C22H23F3N4O3Si/c1-33(2,3)9-8-13-4-7-18(17(24)10-13)27-20-15(5-6-16(23)19(20)25)21-28-29-22(32-21)26-14(11-30)12-31/h4-7,10,14,27,30-31H,11-12H2,1-3H3,(H,26,29). The predicted octanol–water partition coefficient (Wildman–Crippen LogP) is 3.89. The van der Waals surface area contributed by atoms with Crippen LogP contribution < -0.4 is 10.6 Å². The summed E-state index contributed by atoms with van der Waals surface area (Å²) < 4.78 is 48.7. The lowest BCUT2D eigenvalue weighted by molar-refractivity contribution is 0.202. The second-order valence-corrected chi connectivity index (χ2v) is 13.0. The number of hydrogen-bond donors (Lipinski definition) is 4. The summed E-state index contributed by atoms with van der Waals surface area (Å²) in [6.07, 6.45) is 0. The summed E-state index contributed by atoms with van der Waals surface area (Å²) in [7, 11) is -1.65. The van der Waals surface area contributed by atoms with Crippen LogP contribution in [0.1, 0.15) is 5.56 Å². The van der Waals surface area contributed by atoms with Gasteiger partial charge in [0.15, 0.2) is 11.6 Å². The summed E-state index contributed by atoms with van der Waals surface area (Å²) in [5.41, 5.74) is 3.09. The van der Waals surface area contributed by atoms with Crippen molar-refractivity contribution in [3.05, 3.63) is 53.3 Å². The molecule has 0 saturated carbocycles. The summed E-state index contributed by atoms with van der Waals surface area (Å²) >= 11 is 0. The van der Waals surface area contributed by atoms with Gasteiger partial charge >= 0.3 is 6.01 Å². The van der Waals surface area contributed by atoms with Crippen LogP contribution in [0.4, 0.5) is 30.6 Å². The van der Waals surface area contributed by atoms with E-state index in [0.717, 1.165) is 6.07 Å². The Bertz CT molecular complexity index is 1200. The van der Waals surface area contributed by atoms with Crippen molar-refractivity contribution in [2.24, 2.45) is 0 Å². The third kappa shape index (κ3) is 6.13. The SMILES string of the molecule is C[Si](C)(C)C#Cc1ccc(Nc2c(-c3nnc(NC(CO)CO)o3)ccc(F)c2F)c(F)c1.